The van der Waals surface area contributed by atoms with Crippen molar-refractivity contribution in [3.63, 3.8) is 0 Å². The van der Waals surface area contributed by atoms with Crippen LogP contribution in [0.15, 0.2) is 42.6 Å². The van der Waals surface area contributed by atoms with Crippen LogP contribution in [0.3, 0.4) is 0 Å². The molecule has 0 spiro atoms. The molecule has 5 nitrogen and oxygen atoms in total. The molecule has 0 fully saturated rings. The SMILES string of the molecule is Cc1ccccc1CN(C)C(=O)c1cccn1CC(=O)O. The average Bonchev–Trinajstić information content (AvgIpc) is 2.87. The van der Waals surface area contributed by atoms with E-state index in [1.54, 1.807) is 30.3 Å². The maximum Gasteiger partial charge on any atom is 0.323 e. The maximum atomic E-state index is 12.4. The van der Waals surface area contributed by atoms with Gasteiger partial charge < -0.3 is 14.6 Å². The monoisotopic (exact) mass is 286 g/mol. The van der Waals surface area contributed by atoms with Crippen LogP contribution in [-0.4, -0.2) is 33.5 Å². The van der Waals surface area contributed by atoms with Gasteiger partial charge in [0.1, 0.15) is 12.2 Å². The Bertz CT molecular complexity index is 661. The van der Waals surface area contributed by atoms with E-state index in [1.807, 2.05) is 31.2 Å². The molecule has 0 saturated heterocycles. The molecule has 0 aliphatic heterocycles. The van der Waals surface area contributed by atoms with E-state index < -0.39 is 5.97 Å². The first-order valence-electron chi connectivity index (χ1n) is 6.66. The van der Waals surface area contributed by atoms with Crippen LogP contribution in [0.25, 0.3) is 0 Å². The quantitative estimate of drug-likeness (QED) is 0.916. The summed E-state index contributed by atoms with van der Waals surface area (Å²) in [6.07, 6.45) is 1.60. The number of benzene rings is 1. The van der Waals surface area contributed by atoms with Crippen LogP contribution in [0.5, 0.6) is 0 Å². The molecule has 1 N–H and O–H groups in total. The molecule has 110 valence electrons. The van der Waals surface area contributed by atoms with E-state index in [2.05, 4.69) is 0 Å². The predicted octanol–water partition coefficient (Wildman–Crippen LogP) is 2.15. The van der Waals surface area contributed by atoms with Gasteiger partial charge in [-0.05, 0) is 30.2 Å². The standard InChI is InChI=1S/C16H18N2O3/c1-12-6-3-4-7-13(12)10-17(2)16(21)14-8-5-9-18(14)11-15(19)20/h3-9H,10-11H2,1-2H3,(H,19,20). The molecule has 5 heteroatoms. The topological polar surface area (TPSA) is 62.5 Å². The Morgan fingerprint density at radius 2 is 1.90 bits per heavy atom. The van der Waals surface area contributed by atoms with Crippen LogP contribution in [0, 0.1) is 6.92 Å². The highest BCUT2D eigenvalue weighted by Gasteiger charge is 2.17. The third kappa shape index (κ3) is 3.51. The van der Waals surface area contributed by atoms with Gasteiger partial charge in [-0.1, -0.05) is 24.3 Å². The highest BCUT2D eigenvalue weighted by Crippen LogP contribution is 2.12. The van der Waals surface area contributed by atoms with Crippen molar-refractivity contribution in [2.24, 2.45) is 0 Å². The number of carboxylic acids is 1. The van der Waals surface area contributed by atoms with E-state index in [4.69, 9.17) is 5.11 Å². The molecule has 2 rings (SSSR count). The zero-order chi connectivity index (χ0) is 15.4. The summed E-state index contributed by atoms with van der Waals surface area (Å²) in [4.78, 5) is 24.8. The van der Waals surface area contributed by atoms with Crippen LogP contribution in [0.2, 0.25) is 0 Å². The van der Waals surface area contributed by atoms with Crippen molar-refractivity contribution in [3.8, 4) is 0 Å². The number of hydrogen-bond donors (Lipinski definition) is 1. The minimum absolute atomic E-state index is 0.190. The third-order valence-electron chi connectivity index (χ3n) is 3.37. The van der Waals surface area contributed by atoms with Crippen molar-refractivity contribution in [1.29, 1.82) is 0 Å². The zero-order valence-electron chi connectivity index (χ0n) is 12.1. The summed E-state index contributed by atoms with van der Waals surface area (Å²) in [5, 5.41) is 8.86. The smallest absolute Gasteiger partial charge is 0.323 e. The Morgan fingerprint density at radius 3 is 2.57 bits per heavy atom. The fraction of sp³-hybridized carbons (Fsp3) is 0.250. The molecule has 0 aliphatic rings. The van der Waals surface area contributed by atoms with Crippen molar-refractivity contribution < 1.29 is 14.7 Å². The van der Waals surface area contributed by atoms with Gasteiger partial charge in [-0.3, -0.25) is 9.59 Å². The maximum absolute atomic E-state index is 12.4. The van der Waals surface area contributed by atoms with E-state index in [0.717, 1.165) is 11.1 Å². The number of aryl methyl sites for hydroxylation is 1. The average molecular weight is 286 g/mol. The van der Waals surface area contributed by atoms with Crippen LogP contribution < -0.4 is 0 Å². The predicted molar refractivity (Wildman–Crippen MR) is 79.0 cm³/mol. The molecular formula is C16H18N2O3. The fourth-order valence-corrected chi connectivity index (χ4v) is 2.20. The second-order valence-corrected chi connectivity index (χ2v) is 5.00. The molecule has 0 unspecified atom stereocenters. The number of carbonyl (C=O) groups is 2. The first-order valence-corrected chi connectivity index (χ1v) is 6.66. The van der Waals surface area contributed by atoms with Gasteiger partial charge in [0.15, 0.2) is 0 Å². The van der Waals surface area contributed by atoms with E-state index in [1.165, 1.54) is 4.57 Å². The van der Waals surface area contributed by atoms with Crippen LogP contribution in [0.4, 0.5) is 0 Å². The lowest BCUT2D eigenvalue weighted by molar-refractivity contribution is -0.137. The summed E-state index contributed by atoms with van der Waals surface area (Å²) < 4.78 is 1.44. The van der Waals surface area contributed by atoms with Gasteiger partial charge in [-0.25, -0.2) is 0 Å². The molecule has 21 heavy (non-hydrogen) atoms. The van der Waals surface area contributed by atoms with E-state index >= 15 is 0 Å². The lowest BCUT2D eigenvalue weighted by Gasteiger charge is -2.19. The highest BCUT2D eigenvalue weighted by atomic mass is 16.4. The van der Waals surface area contributed by atoms with E-state index in [9.17, 15) is 9.59 Å². The number of amides is 1. The molecule has 0 atom stereocenters. The number of hydrogen-bond acceptors (Lipinski definition) is 2. The molecule has 1 aromatic carbocycles. The molecule has 0 aliphatic carbocycles. The molecule has 1 amide bonds. The third-order valence-corrected chi connectivity index (χ3v) is 3.37. The summed E-state index contributed by atoms with van der Waals surface area (Å²) in [5.41, 5.74) is 2.58. The van der Waals surface area contributed by atoms with Gasteiger partial charge in [-0.15, -0.1) is 0 Å². The van der Waals surface area contributed by atoms with E-state index in [-0.39, 0.29) is 12.5 Å². The van der Waals surface area contributed by atoms with Crippen molar-refractivity contribution in [2.45, 2.75) is 20.0 Å². The second-order valence-electron chi connectivity index (χ2n) is 5.00. The summed E-state index contributed by atoms with van der Waals surface area (Å²) >= 11 is 0. The fourth-order valence-electron chi connectivity index (χ4n) is 2.20. The normalized spacial score (nSPS) is 10.4. The number of carboxylic acid groups (broad SMARTS) is 1. The minimum atomic E-state index is -0.971. The Morgan fingerprint density at radius 1 is 1.19 bits per heavy atom. The number of nitrogens with zero attached hydrogens (tertiary/aromatic N) is 2. The lowest BCUT2D eigenvalue weighted by Crippen LogP contribution is -2.29. The number of carbonyl (C=O) groups excluding carboxylic acids is 1. The van der Waals surface area contributed by atoms with Crippen LogP contribution in [-0.2, 0) is 17.9 Å². The Hall–Kier alpha value is -2.56. The molecule has 1 heterocycles. The summed E-state index contributed by atoms with van der Waals surface area (Å²) in [7, 11) is 1.72. The van der Waals surface area contributed by atoms with Crippen LogP contribution >= 0.6 is 0 Å². The number of aromatic nitrogens is 1. The van der Waals surface area contributed by atoms with Gasteiger partial charge in [-0.2, -0.15) is 0 Å². The van der Waals surface area contributed by atoms with Crippen molar-refractivity contribution in [2.75, 3.05) is 7.05 Å². The van der Waals surface area contributed by atoms with Gasteiger partial charge in [0.05, 0.1) is 0 Å². The second kappa shape index (κ2) is 6.26. The summed E-state index contributed by atoms with van der Waals surface area (Å²) in [6.45, 7) is 2.27. The molecular weight excluding hydrogens is 268 g/mol. The first-order chi connectivity index (χ1) is 9.99. The Kier molecular flexibility index (Phi) is 4.42. The lowest BCUT2D eigenvalue weighted by atomic mass is 10.1. The van der Waals surface area contributed by atoms with Crippen LogP contribution in [0.1, 0.15) is 21.6 Å². The zero-order valence-corrected chi connectivity index (χ0v) is 12.1. The van der Waals surface area contributed by atoms with Gasteiger partial charge in [0.25, 0.3) is 5.91 Å². The van der Waals surface area contributed by atoms with Crippen molar-refractivity contribution in [1.82, 2.24) is 9.47 Å². The highest BCUT2D eigenvalue weighted by molar-refractivity contribution is 5.93. The number of aliphatic carboxylic acids is 1. The van der Waals surface area contributed by atoms with Gasteiger partial charge in [0.2, 0.25) is 0 Å². The van der Waals surface area contributed by atoms with Crippen molar-refractivity contribution >= 4 is 11.9 Å². The summed E-state index contributed by atoms with van der Waals surface area (Å²) in [5.74, 6) is -1.16. The first kappa shape index (κ1) is 14.8. The summed E-state index contributed by atoms with van der Waals surface area (Å²) in [6, 6.07) is 11.2. The molecule has 2 aromatic rings. The number of rotatable bonds is 5. The van der Waals surface area contributed by atoms with Gasteiger partial charge in [0, 0.05) is 19.8 Å². The molecule has 0 radical (unpaired) electrons. The van der Waals surface area contributed by atoms with Gasteiger partial charge >= 0.3 is 5.97 Å². The largest absolute Gasteiger partial charge is 0.480 e. The molecule has 0 saturated carbocycles. The van der Waals surface area contributed by atoms with E-state index in [0.29, 0.717) is 12.2 Å². The Labute approximate surface area is 123 Å². The minimum Gasteiger partial charge on any atom is -0.480 e. The molecule has 1 aromatic heterocycles. The van der Waals surface area contributed by atoms with Crippen molar-refractivity contribution in [3.05, 3.63) is 59.4 Å². The molecule has 0 bridgehead atoms. The Balaban J connectivity index is 2.15.